The predicted molar refractivity (Wildman–Crippen MR) is 120 cm³/mol. The van der Waals surface area contributed by atoms with E-state index in [0.29, 0.717) is 6.07 Å². The molecule has 1 aliphatic rings. The van der Waals surface area contributed by atoms with Gasteiger partial charge < -0.3 is 10.6 Å². The van der Waals surface area contributed by atoms with Crippen LogP contribution in [0.2, 0.25) is 0 Å². The number of carbonyl (C=O) groups excluding carboxylic acids is 2. The van der Waals surface area contributed by atoms with E-state index in [0.717, 1.165) is 42.7 Å². The summed E-state index contributed by atoms with van der Waals surface area (Å²) in [7, 11) is -4.04. The first kappa shape index (κ1) is 25.0. The Morgan fingerprint density at radius 3 is 2.57 bits per heavy atom. The van der Waals surface area contributed by atoms with Crippen molar-refractivity contribution in [1.82, 2.24) is 20.6 Å². The molecule has 1 atom stereocenters. The molecular formula is C21H18F4N4O4S2. The predicted octanol–water partition coefficient (Wildman–Crippen LogP) is 3.00. The second-order valence-corrected chi connectivity index (χ2v) is 11.2. The van der Waals surface area contributed by atoms with Gasteiger partial charge in [0.05, 0.1) is 16.8 Å². The zero-order valence-electron chi connectivity index (χ0n) is 18.0. The first-order chi connectivity index (χ1) is 16.3. The monoisotopic (exact) mass is 530 g/mol. The number of aromatic nitrogens is 2. The van der Waals surface area contributed by atoms with Crippen LogP contribution in [0.25, 0.3) is 21.3 Å². The molecule has 35 heavy (non-hydrogen) atoms. The molecule has 8 nitrogen and oxygen atoms in total. The molecule has 0 aliphatic heterocycles. The maximum absolute atomic E-state index is 14.8. The van der Waals surface area contributed by atoms with E-state index in [-0.39, 0.29) is 32.4 Å². The van der Waals surface area contributed by atoms with E-state index in [1.54, 1.807) is 0 Å². The highest BCUT2D eigenvalue weighted by molar-refractivity contribution is 7.91. The van der Waals surface area contributed by atoms with E-state index in [4.69, 9.17) is 0 Å². The van der Waals surface area contributed by atoms with Crippen molar-refractivity contribution in [1.29, 1.82) is 0 Å². The number of sulfone groups is 1. The Balaban J connectivity index is 1.65. The van der Waals surface area contributed by atoms with Crippen LogP contribution in [0.4, 0.5) is 17.6 Å². The van der Waals surface area contributed by atoms with Crippen molar-refractivity contribution in [3.8, 4) is 11.1 Å². The van der Waals surface area contributed by atoms with Crippen molar-refractivity contribution < 1.29 is 35.6 Å². The first-order valence-electron chi connectivity index (χ1n) is 10.2. The summed E-state index contributed by atoms with van der Waals surface area (Å²) in [5, 5.41) is 3.03. The van der Waals surface area contributed by atoms with Crippen LogP contribution in [0, 0.1) is 5.82 Å². The van der Waals surface area contributed by atoms with Gasteiger partial charge in [0.2, 0.25) is 11.8 Å². The topological polar surface area (TPSA) is 118 Å². The van der Waals surface area contributed by atoms with Crippen LogP contribution in [0.5, 0.6) is 0 Å². The number of pyridine rings is 1. The molecule has 186 valence electrons. The number of nitrogens with zero attached hydrogens (tertiary/aromatic N) is 2. The van der Waals surface area contributed by atoms with E-state index in [1.165, 1.54) is 12.1 Å². The fraction of sp³-hybridized carbons (Fsp3) is 0.333. The molecule has 3 aromatic rings. The van der Waals surface area contributed by atoms with Gasteiger partial charge in [-0.15, -0.1) is 11.3 Å². The highest BCUT2D eigenvalue weighted by Crippen LogP contribution is 2.36. The third kappa shape index (κ3) is 5.75. The third-order valence-corrected chi connectivity index (χ3v) is 7.64. The van der Waals surface area contributed by atoms with Gasteiger partial charge in [-0.1, -0.05) is 0 Å². The Kier molecular flexibility index (Phi) is 6.53. The summed E-state index contributed by atoms with van der Waals surface area (Å²) in [5.74, 6) is -2.31. The van der Waals surface area contributed by atoms with Crippen molar-refractivity contribution in [2.24, 2.45) is 0 Å². The van der Waals surface area contributed by atoms with E-state index >= 15 is 0 Å². The van der Waals surface area contributed by atoms with Gasteiger partial charge in [-0.25, -0.2) is 17.8 Å². The lowest BCUT2D eigenvalue weighted by Crippen LogP contribution is -2.41. The van der Waals surface area contributed by atoms with Gasteiger partial charge in [-0.2, -0.15) is 13.2 Å². The molecule has 0 spiro atoms. The highest BCUT2D eigenvalue weighted by Gasteiger charge is 2.35. The average molecular weight is 531 g/mol. The molecule has 0 bridgehead atoms. The fourth-order valence-electron chi connectivity index (χ4n) is 3.31. The highest BCUT2D eigenvalue weighted by atomic mass is 32.2. The fourth-order valence-corrected chi connectivity index (χ4v) is 5.84. The second-order valence-electron chi connectivity index (χ2n) is 8.05. The maximum atomic E-state index is 14.8. The van der Waals surface area contributed by atoms with E-state index in [1.807, 2.05) is 0 Å². The Hall–Kier alpha value is -3.13. The van der Waals surface area contributed by atoms with Gasteiger partial charge in [0, 0.05) is 30.1 Å². The summed E-state index contributed by atoms with van der Waals surface area (Å²) in [6.45, 7) is -0.422. The normalized spacial score (nSPS) is 15.1. The number of carbonyl (C=O) groups is 2. The largest absolute Gasteiger partial charge is 0.433 e. The van der Waals surface area contributed by atoms with Crippen molar-refractivity contribution in [2.75, 3.05) is 12.8 Å². The number of rotatable bonds is 7. The molecule has 2 N–H and O–H groups in total. The minimum atomic E-state index is -4.72. The molecule has 0 saturated heterocycles. The van der Waals surface area contributed by atoms with Gasteiger partial charge >= 0.3 is 6.18 Å². The van der Waals surface area contributed by atoms with Crippen LogP contribution in [-0.4, -0.2) is 49.0 Å². The molecule has 14 heteroatoms. The molecular weight excluding hydrogens is 512 g/mol. The van der Waals surface area contributed by atoms with Crippen LogP contribution >= 0.6 is 11.3 Å². The summed E-state index contributed by atoms with van der Waals surface area (Å²) in [5.41, 5.74) is -1.42. The Morgan fingerprint density at radius 2 is 1.94 bits per heavy atom. The summed E-state index contributed by atoms with van der Waals surface area (Å²) in [6, 6.07) is 4.17. The number of thiazole rings is 1. The van der Waals surface area contributed by atoms with E-state index in [9.17, 15) is 35.6 Å². The molecule has 2 heterocycles. The Morgan fingerprint density at radius 1 is 1.23 bits per heavy atom. The van der Waals surface area contributed by atoms with Crippen LogP contribution in [0.15, 0.2) is 30.5 Å². The van der Waals surface area contributed by atoms with Gasteiger partial charge in [-0.05, 0) is 36.6 Å². The molecule has 4 rings (SSSR count). The maximum Gasteiger partial charge on any atom is 0.433 e. The molecule has 1 aliphatic carbocycles. The van der Waals surface area contributed by atoms with Gasteiger partial charge in [0.1, 0.15) is 16.5 Å². The molecule has 0 radical (unpaired) electrons. The SMILES string of the molecule is CS(=O)(=O)C(C(=O)NCC(=O)NC1CC1)c1nc2cc(F)c(-c3ccnc(C(F)(F)F)c3)cc2s1. The van der Waals surface area contributed by atoms with E-state index < -0.39 is 51.1 Å². The first-order valence-corrected chi connectivity index (χ1v) is 13.0. The minimum Gasteiger partial charge on any atom is -0.352 e. The second kappa shape index (κ2) is 9.15. The lowest BCUT2D eigenvalue weighted by molar-refractivity contribution is -0.141. The van der Waals surface area contributed by atoms with Crippen molar-refractivity contribution >= 4 is 43.2 Å². The molecule has 2 aromatic heterocycles. The van der Waals surface area contributed by atoms with Gasteiger partial charge in [0.15, 0.2) is 15.1 Å². The molecule has 1 unspecified atom stereocenters. The number of fused-ring (bicyclic) bond motifs is 1. The molecule has 1 fully saturated rings. The summed E-state index contributed by atoms with van der Waals surface area (Å²) < 4.78 is 78.8. The average Bonchev–Trinajstić information content (AvgIpc) is 3.47. The lowest BCUT2D eigenvalue weighted by atomic mass is 10.1. The quantitative estimate of drug-likeness (QED) is 0.454. The third-order valence-electron chi connectivity index (χ3n) is 5.11. The van der Waals surface area contributed by atoms with Crippen LogP contribution < -0.4 is 10.6 Å². The molecule has 2 amide bonds. The number of amides is 2. The van der Waals surface area contributed by atoms with Gasteiger partial charge in [0.25, 0.3) is 0 Å². The standard InChI is InChI=1S/C21H18F4N4O4S2/c1-35(32,33)18(19(31)27-9-17(30)28-11-2-3-11)20-29-14-8-13(22)12(7-15(14)34-20)10-4-5-26-16(6-10)21(23,24)25/h4-8,11,18H,2-3,9H2,1H3,(H,27,31)(H,28,30). The zero-order chi connectivity index (χ0) is 25.5. The molecule has 1 aromatic carbocycles. The number of hydrogen-bond acceptors (Lipinski definition) is 7. The minimum absolute atomic E-state index is 0.0317. The number of nitrogens with one attached hydrogen (secondary N) is 2. The Bertz CT molecular complexity index is 1420. The summed E-state index contributed by atoms with van der Waals surface area (Å²) in [6.07, 6.45) is -1.31. The smallest absolute Gasteiger partial charge is 0.352 e. The van der Waals surface area contributed by atoms with Crippen LogP contribution in [-0.2, 0) is 25.6 Å². The van der Waals surface area contributed by atoms with Crippen LogP contribution in [0.3, 0.4) is 0 Å². The van der Waals surface area contributed by atoms with Crippen molar-refractivity contribution in [3.63, 3.8) is 0 Å². The summed E-state index contributed by atoms with van der Waals surface area (Å²) >= 11 is 0.787. The summed E-state index contributed by atoms with van der Waals surface area (Å²) in [4.78, 5) is 31.8. The van der Waals surface area contributed by atoms with E-state index in [2.05, 4.69) is 20.6 Å². The van der Waals surface area contributed by atoms with Crippen molar-refractivity contribution in [3.05, 3.63) is 47.0 Å². The van der Waals surface area contributed by atoms with Crippen molar-refractivity contribution in [2.45, 2.75) is 30.3 Å². The molecule has 1 saturated carbocycles. The van der Waals surface area contributed by atoms with Crippen LogP contribution in [0.1, 0.15) is 28.8 Å². The number of hydrogen-bond donors (Lipinski definition) is 2. The zero-order valence-corrected chi connectivity index (χ0v) is 19.7. The number of halogens is 4. The number of benzene rings is 1. The van der Waals surface area contributed by atoms with Gasteiger partial charge in [-0.3, -0.25) is 14.6 Å². The number of alkyl halides is 3. The Labute approximate surface area is 200 Å². The lowest BCUT2D eigenvalue weighted by Gasteiger charge is -2.12.